The Hall–Kier alpha value is -0.970. The smallest absolute Gasteiger partial charge is 0.265 e. The van der Waals surface area contributed by atoms with E-state index >= 15 is 0 Å². The van der Waals surface area contributed by atoms with Gasteiger partial charge in [0, 0.05) is 23.5 Å². The number of thioether (sulfide) groups is 1. The summed E-state index contributed by atoms with van der Waals surface area (Å²) in [5, 5.41) is 3.06. The molecule has 0 spiro atoms. The molecule has 1 rings (SSSR count). The summed E-state index contributed by atoms with van der Waals surface area (Å²) in [6, 6.07) is 4.60. The molecule has 0 bridgehead atoms. The summed E-state index contributed by atoms with van der Waals surface area (Å²) in [7, 11) is 0. The molecule has 3 N–H and O–H groups in total. The summed E-state index contributed by atoms with van der Waals surface area (Å²) in [6.45, 7) is 0.720. The second-order valence-electron chi connectivity index (χ2n) is 4.13. The number of unbranched alkanes of at least 4 members (excludes halogenated alkanes) is 2. The van der Waals surface area contributed by atoms with Crippen LogP contribution in [-0.2, 0) is 0 Å². The van der Waals surface area contributed by atoms with Crippen LogP contribution in [0.15, 0.2) is 18.2 Å². The lowest BCUT2D eigenvalue weighted by Crippen LogP contribution is -2.05. The first-order valence-corrected chi connectivity index (χ1v) is 7.45. The molecule has 0 radical (unpaired) electrons. The third-order valence-electron chi connectivity index (χ3n) is 2.65. The van der Waals surface area contributed by atoms with Crippen molar-refractivity contribution in [1.29, 1.82) is 0 Å². The number of alkyl halides is 2. The van der Waals surface area contributed by atoms with Gasteiger partial charge in [-0.1, -0.05) is 6.42 Å². The summed E-state index contributed by atoms with van der Waals surface area (Å²) in [6.07, 6.45) is 2.88. The Morgan fingerprint density at radius 2 is 2.06 bits per heavy atom. The molecule has 0 atom stereocenters. The van der Waals surface area contributed by atoms with Crippen LogP contribution >= 0.6 is 11.8 Å². The molecular formula is C13H20F2N2S. The molecule has 0 unspecified atom stereocenters. The zero-order chi connectivity index (χ0) is 13.4. The van der Waals surface area contributed by atoms with E-state index in [-0.39, 0.29) is 5.56 Å². The van der Waals surface area contributed by atoms with E-state index in [2.05, 4.69) is 11.6 Å². The first kappa shape index (κ1) is 15.1. The van der Waals surface area contributed by atoms with Crippen molar-refractivity contribution >= 4 is 23.1 Å². The molecule has 18 heavy (non-hydrogen) atoms. The Labute approximate surface area is 111 Å². The van der Waals surface area contributed by atoms with Crippen LogP contribution in [0.4, 0.5) is 20.2 Å². The van der Waals surface area contributed by atoms with E-state index in [1.54, 1.807) is 12.1 Å². The highest BCUT2D eigenvalue weighted by Gasteiger charge is 2.12. The van der Waals surface area contributed by atoms with Gasteiger partial charge in [0.1, 0.15) is 0 Å². The van der Waals surface area contributed by atoms with Crippen molar-refractivity contribution < 1.29 is 8.78 Å². The van der Waals surface area contributed by atoms with Crippen molar-refractivity contribution in [2.24, 2.45) is 0 Å². The maximum absolute atomic E-state index is 12.8. The maximum atomic E-state index is 12.8. The number of halogens is 2. The van der Waals surface area contributed by atoms with E-state index in [1.165, 1.54) is 12.5 Å². The average molecular weight is 274 g/mol. The second-order valence-corrected chi connectivity index (χ2v) is 5.11. The number of rotatable bonds is 8. The van der Waals surface area contributed by atoms with Crippen molar-refractivity contribution in [2.45, 2.75) is 25.7 Å². The van der Waals surface area contributed by atoms with E-state index in [4.69, 9.17) is 5.73 Å². The Morgan fingerprint density at radius 1 is 1.28 bits per heavy atom. The minimum atomic E-state index is -2.49. The van der Waals surface area contributed by atoms with E-state index in [9.17, 15) is 8.78 Å². The Kier molecular flexibility index (Phi) is 6.86. The molecule has 1 aromatic carbocycles. The number of nitrogens with one attached hydrogen (secondary N) is 1. The fourth-order valence-corrected chi connectivity index (χ4v) is 2.19. The molecule has 0 saturated heterocycles. The van der Waals surface area contributed by atoms with E-state index in [0.717, 1.165) is 25.1 Å². The Balaban J connectivity index is 2.42. The molecule has 5 heteroatoms. The number of benzene rings is 1. The van der Waals surface area contributed by atoms with Crippen molar-refractivity contribution in [3.05, 3.63) is 23.8 Å². The molecular weight excluding hydrogens is 254 g/mol. The third-order valence-corrected chi connectivity index (χ3v) is 3.35. The highest BCUT2D eigenvalue weighted by atomic mass is 32.2. The largest absolute Gasteiger partial charge is 0.399 e. The van der Waals surface area contributed by atoms with Gasteiger partial charge in [-0.3, -0.25) is 0 Å². The second kappa shape index (κ2) is 8.19. The predicted octanol–water partition coefficient (Wildman–Crippen LogP) is 4.15. The van der Waals surface area contributed by atoms with Crippen molar-refractivity contribution in [1.82, 2.24) is 0 Å². The van der Waals surface area contributed by atoms with E-state index < -0.39 is 6.43 Å². The average Bonchev–Trinajstić information content (AvgIpc) is 2.35. The summed E-state index contributed by atoms with van der Waals surface area (Å²) in [4.78, 5) is 0. The minimum absolute atomic E-state index is 0.0147. The zero-order valence-electron chi connectivity index (χ0n) is 10.6. The van der Waals surface area contributed by atoms with Gasteiger partial charge in [-0.25, -0.2) is 8.78 Å². The molecule has 0 aliphatic heterocycles. The van der Waals surface area contributed by atoms with Gasteiger partial charge in [-0.05, 0) is 43.0 Å². The van der Waals surface area contributed by atoms with Gasteiger partial charge < -0.3 is 11.1 Å². The first-order valence-electron chi connectivity index (χ1n) is 6.05. The van der Waals surface area contributed by atoms with Gasteiger partial charge in [-0.15, -0.1) is 0 Å². The minimum Gasteiger partial charge on any atom is -0.399 e. The first-order chi connectivity index (χ1) is 8.65. The highest BCUT2D eigenvalue weighted by Crippen LogP contribution is 2.28. The molecule has 1 aromatic rings. The van der Waals surface area contributed by atoms with Crippen LogP contribution in [0.2, 0.25) is 0 Å². The van der Waals surface area contributed by atoms with Gasteiger partial charge in [0.05, 0.1) is 0 Å². The number of hydrogen-bond donors (Lipinski definition) is 2. The lowest BCUT2D eigenvalue weighted by Gasteiger charge is -2.12. The molecule has 0 aliphatic carbocycles. The van der Waals surface area contributed by atoms with E-state index in [1.807, 2.05) is 11.8 Å². The summed E-state index contributed by atoms with van der Waals surface area (Å²) >= 11 is 1.83. The molecule has 0 aliphatic rings. The van der Waals surface area contributed by atoms with Crippen LogP contribution in [0.5, 0.6) is 0 Å². The molecule has 0 aromatic heterocycles. The fourth-order valence-electron chi connectivity index (χ4n) is 1.69. The van der Waals surface area contributed by atoms with Crippen molar-refractivity contribution in [3.8, 4) is 0 Å². The van der Waals surface area contributed by atoms with Crippen LogP contribution < -0.4 is 11.1 Å². The molecule has 0 heterocycles. The summed E-state index contributed by atoms with van der Waals surface area (Å²) in [5.41, 5.74) is 6.36. The third kappa shape index (κ3) is 5.12. The number of anilines is 2. The molecule has 0 saturated carbocycles. The molecule has 2 nitrogen and oxygen atoms in total. The molecule has 102 valence electrons. The monoisotopic (exact) mass is 274 g/mol. The van der Waals surface area contributed by atoms with Gasteiger partial charge in [0.15, 0.2) is 0 Å². The van der Waals surface area contributed by atoms with E-state index in [0.29, 0.717) is 11.4 Å². The fraction of sp³-hybridized carbons (Fsp3) is 0.538. The summed E-state index contributed by atoms with van der Waals surface area (Å²) in [5.74, 6) is 1.16. The number of nitrogens with two attached hydrogens (primary N) is 1. The van der Waals surface area contributed by atoms with Crippen LogP contribution in [-0.4, -0.2) is 18.6 Å². The molecule has 0 amide bonds. The van der Waals surface area contributed by atoms with Crippen LogP contribution in [0.1, 0.15) is 31.3 Å². The van der Waals surface area contributed by atoms with Gasteiger partial charge in [-0.2, -0.15) is 11.8 Å². The Bertz CT molecular complexity index is 359. The summed E-state index contributed by atoms with van der Waals surface area (Å²) < 4.78 is 25.6. The molecule has 0 fully saturated rings. The van der Waals surface area contributed by atoms with Gasteiger partial charge in [0.2, 0.25) is 0 Å². The maximum Gasteiger partial charge on any atom is 0.265 e. The highest BCUT2D eigenvalue weighted by molar-refractivity contribution is 7.98. The van der Waals surface area contributed by atoms with Crippen LogP contribution in [0.25, 0.3) is 0 Å². The quantitative estimate of drug-likeness (QED) is 0.552. The predicted molar refractivity (Wildman–Crippen MR) is 76.5 cm³/mol. The Morgan fingerprint density at radius 3 is 2.72 bits per heavy atom. The van der Waals surface area contributed by atoms with Crippen LogP contribution in [0, 0.1) is 0 Å². The topological polar surface area (TPSA) is 38.0 Å². The lowest BCUT2D eigenvalue weighted by atomic mass is 10.1. The normalized spacial score (nSPS) is 10.9. The lowest BCUT2D eigenvalue weighted by molar-refractivity contribution is 0.152. The van der Waals surface area contributed by atoms with Gasteiger partial charge >= 0.3 is 0 Å². The number of nitrogen functional groups attached to an aromatic ring is 1. The van der Waals surface area contributed by atoms with Gasteiger partial charge in [0.25, 0.3) is 6.43 Å². The van der Waals surface area contributed by atoms with Crippen LogP contribution in [0.3, 0.4) is 0 Å². The van der Waals surface area contributed by atoms with Crippen molar-refractivity contribution in [3.63, 3.8) is 0 Å². The zero-order valence-corrected chi connectivity index (χ0v) is 11.4. The number of hydrogen-bond acceptors (Lipinski definition) is 3. The standard InChI is InChI=1S/C13H20F2N2S/c1-18-8-4-2-3-7-17-12-6-5-10(16)9-11(12)13(14)15/h5-6,9,13,17H,2-4,7-8,16H2,1H3. The van der Waals surface area contributed by atoms with Crippen molar-refractivity contribution in [2.75, 3.05) is 29.6 Å². The SMILES string of the molecule is CSCCCCCNc1ccc(N)cc1C(F)F.